The summed E-state index contributed by atoms with van der Waals surface area (Å²) in [6.07, 6.45) is 1.79. The van der Waals surface area contributed by atoms with Crippen LogP contribution in [0.3, 0.4) is 0 Å². The van der Waals surface area contributed by atoms with E-state index >= 15 is 0 Å². The van der Waals surface area contributed by atoms with Crippen molar-refractivity contribution in [2.45, 2.75) is 6.92 Å². The zero-order valence-corrected chi connectivity index (χ0v) is 8.57. The Morgan fingerprint density at radius 3 is 2.60 bits per heavy atom. The first-order chi connectivity index (χ1) is 7.40. The van der Waals surface area contributed by atoms with Gasteiger partial charge in [0.2, 0.25) is 0 Å². The summed E-state index contributed by atoms with van der Waals surface area (Å²) in [5.41, 5.74) is 3.10. The molecule has 15 heavy (non-hydrogen) atoms. The van der Waals surface area contributed by atoms with Gasteiger partial charge in [0.25, 0.3) is 0 Å². The fraction of sp³-hybridized carbons (Fsp3) is 0.0714. The average Bonchev–Trinajstić information content (AvgIpc) is 2.31. The number of benzene rings is 1. The molecule has 0 spiro atoms. The molecule has 0 N–H and O–H groups in total. The van der Waals surface area contributed by atoms with Gasteiger partial charge in [-0.3, -0.25) is 4.98 Å². The zero-order valence-electron chi connectivity index (χ0n) is 8.57. The Bertz CT molecular complexity index is 504. The van der Waals surface area contributed by atoms with Crippen molar-refractivity contribution >= 4 is 0 Å². The molecule has 1 nitrogen and oxygen atoms in total. The van der Waals surface area contributed by atoms with Crippen molar-refractivity contribution in [3.05, 3.63) is 54.2 Å². The number of hydrogen-bond acceptors (Lipinski definition) is 1. The van der Waals surface area contributed by atoms with Crippen LogP contribution in [0.25, 0.3) is 11.3 Å². The summed E-state index contributed by atoms with van der Waals surface area (Å²) >= 11 is 0. The summed E-state index contributed by atoms with van der Waals surface area (Å²) < 4.78 is 0. The van der Waals surface area contributed by atoms with Gasteiger partial charge in [-0.2, -0.15) is 0 Å². The Kier molecular flexibility index (Phi) is 2.80. The molecule has 1 heterocycles. The minimum atomic E-state index is 0.968. The Morgan fingerprint density at radius 2 is 1.87 bits per heavy atom. The quantitative estimate of drug-likeness (QED) is 0.634. The largest absolute Gasteiger partial charge is 0.256 e. The van der Waals surface area contributed by atoms with Gasteiger partial charge in [0.15, 0.2) is 0 Å². The first kappa shape index (κ1) is 9.48. The number of pyridine rings is 1. The van der Waals surface area contributed by atoms with Crippen LogP contribution >= 0.6 is 0 Å². The summed E-state index contributed by atoms with van der Waals surface area (Å²) in [5, 5.41) is 0. The first-order valence-electron chi connectivity index (χ1n) is 4.84. The highest BCUT2D eigenvalue weighted by atomic mass is 14.7. The second-order valence-electron chi connectivity index (χ2n) is 3.17. The van der Waals surface area contributed by atoms with E-state index in [2.05, 4.69) is 16.8 Å². The van der Waals surface area contributed by atoms with E-state index in [9.17, 15) is 0 Å². The van der Waals surface area contributed by atoms with Gasteiger partial charge in [0, 0.05) is 17.3 Å². The summed E-state index contributed by atoms with van der Waals surface area (Å²) in [6.45, 7) is 1.84. The first-order valence-corrected chi connectivity index (χ1v) is 4.84. The predicted molar refractivity (Wildman–Crippen MR) is 62.2 cm³/mol. The lowest BCUT2D eigenvalue weighted by Crippen LogP contribution is -1.84. The van der Waals surface area contributed by atoms with Gasteiger partial charge in [-0.25, -0.2) is 0 Å². The minimum absolute atomic E-state index is 0.968. The summed E-state index contributed by atoms with van der Waals surface area (Å²) in [5.74, 6) is 5.91. The second-order valence-corrected chi connectivity index (χ2v) is 3.17. The van der Waals surface area contributed by atoms with Gasteiger partial charge < -0.3 is 0 Å². The summed E-state index contributed by atoms with van der Waals surface area (Å²) in [6, 6.07) is 14.0. The van der Waals surface area contributed by atoms with Gasteiger partial charge in [-0.05, 0) is 19.1 Å². The Hall–Kier alpha value is -2.07. The highest BCUT2D eigenvalue weighted by Gasteiger charge is 1.97. The van der Waals surface area contributed by atoms with E-state index in [4.69, 9.17) is 0 Å². The molecular weight excluding hydrogens is 182 g/mol. The van der Waals surface area contributed by atoms with E-state index in [0.717, 1.165) is 16.8 Å². The van der Waals surface area contributed by atoms with Gasteiger partial charge in [-0.1, -0.05) is 36.3 Å². The number of hydrogen-bond donors (Lipinski definition) is 0. The molecule has 0 aliphatic rings. The third kappa shape index (κ3) is 2.24. The van der Waals surface area contributed by atoms with E-state index in [-0.39, 0.29) is 0 Å². The van der Waals surface area contributed by atoms with Gasteiger partial charge in [0.05, 0.1) is 5.69 Å². The lowest BCUT2D eigenvalue weighted by Gasteiger charge is -2.00. The van der Waals surface area contributed by atoms with Gasteiger partial charge in [0.1, 0.15) is 0 Å². The minimum Gasteiger partial charge on any atom is -0.256 e. The topological polar surface area (TPSA) is 12.9 Å². The molecule has 2 rings (SSSR count). The Morgan fingerprint density at radius 1 is 1.07 bits per heavy atom. The van der Waals surface area contributed by atoms with Crippen molar-refractivity contribution < 1.29 is 0 Å². The second kappa shape index (κ2) is 4.43. The molecule has 0 aliphatic heterocycles. The number of nitrogens with zero attached hydrogens (tertiary/aromatic N) is 1. The van der Waals surface area contributed by atoms with E-state index < -0.39 is 0 Å². The van der Waals surface area contributed by atoms with Crippen LogP contribution in [0.4, 0.5) is 0 Å². The van der Waals surface area contributed by atoms with Crippen LogP contribution in [0.1, 0.15) is 12.5 Å². The summed E-state index contributed by atoms with van der Waals surface area (Å²) in [7, 11) is 0. The Balaban J connectivity index is 2.44. The van der Waals surface area contributed by atoms with Crippen LogP contribution in [-0.4, -0.2) is 4.98 Å². The van der Waals surface area contributed by atoms with Crippen molar-refractivity contribution in [2.75, 3.05) is 0 Å². The van der Waals surface area contributed by atoms with Crippen molar-refractivity contribution in [1.29, 1.82) is 0 Å². The molecule has 0 aliphatic carbocycles. The third-order valence-corrected chi connectivity index (χ3v) is 2.10. The fourth-order valence-corrected chi connectivity index (χ4v) is 1.42. The van der Waals surface area contributed by atoms with Crippen LogP contribution in [0.5, 0.6) is 0 Å². The smallest absolute Gasteiger partial charge is 0.0714 e. The molecule has 1 aromatic heterocycles. The number of rotatable bonds is 1. The third-order valence-electron chi connectivity index (χ3n) is 2.10. The van der Waals surface area contributed by atoms with Gasteiger partial charge >= 0.3 is 0 Å². The van der Waals surface area contributed by atoms with Crippen LogP contribution in [0, 0.1) is 11.8 Å². The van der Waals surface area contributed by atoms with Crippen molar-refractivity contribution in [3.63, 3.8) is 0 Å². The predicted octanol–water partition coefficient (Wildman–Crippen LogP) is 3.12. The van der Waals surface area contributed by atoms with Gasteiger partial charge in [-0.15, -0.1) is 5.92 Å². The molecule has 0 saturated heterocycles. The normalized spacial score (nSPS) is 9.13. The monoisotopic (exact) mass is 193 g/mol. The highest BCUT2D eigenvalue weighted by molar-refractivity contribution is 5.60. The molecule has 0 radical (unpaired) electrons. The molecule has 72 valence electrons. The van der Waals surface area contributed by atoms with Crippen LogP contribution in [0.15, 0.2) is 48.7 Å². The molecule has 0 saturated carbocycles. The molecule has 0 unspecified atom stereocenters. The fourth-order valence-electron chi connectivity index (χ4n) is 1.42. The highest BCUT2D eigenvalue weighted by Crippen LogP contribution is 2.16. The van der Waals surface area contributed by atoms with E-state index in [1.165, 1.54) is 0 Å². The maximum atomic E-state index is 4.32. The van der Waals surface area contributed by atoms with Crippen molar-refractivity contribution in [1.82, 2.24) is 4.98 Å². The number of aromatic nitrogens is 1. The standard InChI is InChI=1S/C14H11N/c1-2-6-12-9-10-15-14(11-12)13-7-4-3-5-8-13/h3-5,7-11H,1H3. The lowest BCUT2D eigenvalue weighted by atomic mass is 10.1. The molecule has 1 aromatic carbocycles. The molecule has 0 atom stereocenters. The Labute approximate surface area is 89.8 Å². The van der Waals surface area contributed by atoms with Crippen LogP contribution in [-0.2, 0) is 0 Å². The molecule has 1 heteroatoms. The summed E-state index contributed by atoms with van der Waals surface area (Å²) in [4.78, 5) is 4.32. The average molecular weight is 193 g/mol. The molecule has 0 bridgehead atoms. The van der Waals surface area contributed by atoms with Crippen molar-refractivity contribution in [3.8, 4) is 23.1 Å². The molecule has 0 fully saturated rings. The lowest BCUT2D eigenvalue weighted by molar-refractivity contribution is 1.32. The van der Waals surface area contributed by atoms with E-state index in [0.29, 0.717) is 0 Å². The molecular formula is C14H11N. The molecule has 2 aromatic rings. The molecule has 0 amide bonds. The maximum Gasteiger partial charge on any atom is 0.0714 e. The van der Waals surface area contributed by atoms with Crippen LogP contribution < -0.4 is 0 Å². The van der Waals surface area contributed by atoms with Crippen LogP contribution in [0.2, 0.25) is 0 Å². The van der Waals surface area contributed by atoms with E-state index in [1.807, 2.05) is 49.4 Å². The maximum absolute atomic E-state index is 4.32. The van der Waals surface area contributed by atoms with E-state index in [1.54, 1.807) is 6.20 Å². The SMILES string of the molecule is CC#Cc1ccnc(-c2ccccc2)c1. The van der Waals surface area contributed by atoms with Crippen molar-refractivity contribution in [2.24, 2.45) is 0 Å². The zero-order chi connectivity index (χ0) is 10.5.